The predicted molar refractivity (Wildman–Crippen MR) is 98.3 cm³/mol. The molecule has 3 aromatic rings. The molecule has 0 amide bonds. The largest absolute Gasteiger partial charge is 0.481 e. The second-order valence-electron chi connectivity index (χ2n) is 6.07. The van der Waals surface area contributed by atoms with E-state index in [1.165, 1.54) is 11.3 Å². The van der Waals surface area contributed by atoms with Crippen LogP contribution in [0.1, 0.15) is 35.6 Å². The van der Waals surface area contributed by atoms with Gasteiger partial charge in [0.05, 0.1) is 4.88 Å². The molecule has 0 saturated heterocycles. The van der Waals surface area contributed by atoms with E-state index in [4.69, 9.17) is 13.9 Å². The van der Waals surface area contributed by atoms with Crippen molar-refractivity contribution in [2.24, 2.45) is 0 Å². The van der Waals surface area contributed by atoms with Crippen molar-refractivity contribution in [3.8, 4) is 16.5 Å². The third-order valence-corrected chi connectivity index (χ3v) is 4.63. The molecule has 2 aromatic heterocycles. The quantitative estimate of drug-likeness (QED) is 0.597. The number of nitrogens with zero attached hydrogens (tertiary/aromatic N) is 2. The molecule has 1 atom stereocenters. The molecule has 2 heterocycles. The lowest BCUT2D eigenvalue weighted by Crippen LogP contribution is -2.17. The summed E-state index contributed by atoms with van der Waals surface area (Å²) in [7, 11) is 0. The van der Waals surface area contributed by atoms with Gasteiger partial charge in [-0.15, -0.1) is 21.5 Å². The van der Waals surface area contributed by atoms with E-state index in [1.807, 2.05) is 50.4 Å². The summed E-state index contributed by atoms with van der Waals surface area (Å²) in [6.07, 6.45) is -0.646. The summed E-state index contributed by atoms with van der Waals surface area (Å²) in [5.41, 5.74) is 3.13. The highest BCUT2D eigenvalue weighted by Crippen LogP contribution is 2.27. The van der Waals surface area contributed by atoms with E-state index in [9.17, 15) is 4.79 Å². The van der Waals surface area contributed by atoms with Crippen LogP contribution in [-0.2, 0) is 9.53 Å². The van der Waals surface area contributed by atoms with Crippen LogP contribution in [0.4, 0.5) is 0 Å². The van der Waals surface area contributed by atoms with Gasteiger partial charge in [0, 0.05) is 0 Å². The van der Waals surface area contributed by atoms with Gasteiger partial charge in [-0.2, -0.15) is 0 Å². The van der Waals surface area contributed by atoms with E-state index < -0.39 is 12.1 Å². The minimum Gasteiger partial charge on any atom is -0.481 e. The lowest BCUT2D eigenvalue weighted by Gasteiger charge is -2.14. The van der Waals surface area contributed by atoms with Crippen molar-refractivity contribution in [3.63, 3.8) is 0 Å². The molecule has 0 spiro atoms. The van der Waals surface area contributed by atoms with Crippen LogP contribution in [0.5, 0.6) is 5.75 Å². The van der Waals surface area contributed by atoms with Gasteiger partial charge in [0.15, 0.2) is 12.7 Å². The highest BCUT2D eigenvalue weighted by atomic mass is 32.1. The maximum absolute atomic E-state index is 12.1. The smallest absolute Gasteiger partial charge is 0.344 e. The number of aromatic nitrogens is 2. The Balaban J connectivity index is 1.58. The second-order valence-corrected chi connectivity index (χ2v) is 7.02. The van der Waals surface area contributed by atoms with Crippen LogP contribution in [0.15, 0.2) is 34.1 Å². The number of benzene rings is 1. The second kappa shape index (κ2) is 7.70. The van der Waals surface area contributed by atoms with E-state index in [2.05, 4.69) is 10.2 Å². The van der Waals surface area contributed by atoms with Gasteiger partial charge in [-0.05, 0) is 50.3 Å². The number of ether oxygens (including phenoxy) is 2. The highest BCUT2D eigenvalue weighted by molar-refractivity contribution is 7.13. The predicted octanol–water partition coefficient (Wildman–Crippen LogP) is 4.41. The van der Waals surface area contributed by atoms with Gasteiger partial charge in [0.25, 0.3) is 11.8 Å². The molecule has 0 N–H and O–H groups in total. The fourth-order valence-electron chi connectivity index (χ4n) is 2.71. The van der Waals surface area contributed by atoms with Crippen molar-refractivity contribution >= 4 is 17.3 Å². The molecule has 0 unspecified atom stereocenters. The Morgan fingerprint density at radius 1 is 1.23 bits per heavy atom. The number of hydrogen-bond donors (Lipinski definition) is 0. The summed E-state index contributed by atoms with van der Waals surface area (Å²) in [6, 6.07) is 7.82. The minimum absolute atomic E-state index is 0.180. The zero-order valence-electron chi connectivity index (χ0n) is 15.1. The Morgan fingerprint density at radius 3 is 2.62 bits per heavy atom. The van der Waals surface area contributed by atoms with Gasteiger partial charge in [-0.1, -0.05) is 23.8 Å². The Morgan fingerprint density at radius 2 is 1.96 bits per heavy atom. The summed E-state index contributed by atoms with van der Waals surface area (Å²) < 4.78 is 16.6. The zero-order chi connectivity index (χ0) is 18.7. The summed E-state index contributed by atoms with van der Waals surface area (Å²) in [4.78, 5) is 13.0. The minimum atomic E-state index is -0.646. The molecule has 26 heavy (non-hydrogen) atoms. The number of carbonyl (C=O) groups is 1. The lowest BCUT2D eigenvalue weighted by atomic mass is 10.1. The maximum Gasteiger partial charge on any atom is 0.344 e. The number of carbonyl (C=O) groups excluding carboxylic acids is 1. The first-order chi connectivity index (χ1) is 12.4. The van der Waals surface area contributed by atoms with Crippen LogP contribution >= 0.6 is 11.3 Å². The molecule has 3 rings (SSSR count). The Kier molecular flexibility index (Phi) is 5.37. The average molecular weight is 372 g/mol. The van der Waals surface area contributed by atoms with E-state index in [1.54, 1.807) is 6.92 Å². The molecule has 0 aliphatic heterocycles. The Bertz CT molecular complexity index is 879. The Hall–Kier alpha value is -2.67. The van der Waals surface area contributed by atoms with Crippen LogP contribution in [0, 0.1) is 20.8 Å². The summed E-state index contributed by atoms with van der Waals surface area (Å²) >= 11 is 1.50. The Labute approximate surface area is 155 Å². The van der Waals surface area contributed by atoms with E-state index in [0.29, 0.717) is 11.6 Å². The molecule has 0 aliphatic rings. The van der Waals surface area contributed by atoms with Crippen molar-refractivity contribution in [2.75, 3.05) is 6.61 Å². The van der Waals surface area contributed by atoms with E-state index >= 15 is 0 Å². The van der Waals surface area contributed by atoms with Crippen molar-refractivity contribution < 1.29 is 18.7 Å². The van der Waals surface area contributed by atoms with E-state index in [0.717, 1.165) is 21.6 Å². The van der Waals surface area contributed by atoms with Crippen LogP contribution in [0.25, 0.3) is 10.8 Å². The van der Waals surface area contributed by atoms with Crippen LogP contribution in [0.3, 0.4) is 0 Å². The van der Waals surface area contributed by atoms with Gasteiger partial charge < -0.3 is 13.9 Å². The molecule has 7 heteroatoms. The monoisotopic (exact) mass is 372 g/mol. The van der Waals surface area contributed by atoms with Crippen molar-refractivity contribution in [2.45, 2.75) is 33.8 Å². The molecule has 0 radical (unpaired) electrons. The normalized spacial score (nSPS) is 12.0. The van der Waals surface area contributed by atoms with Crippen molar-refractivity contribution in [1.29, 1.82) is 0 Å². The first-order valence-electron chi connectivity index (χ1n) is 8.21. The standard InChI is InChI=1S/C19H20N2O4S/c1-11-8-12(2)17(13(3)9-11)23-10-16(22)24-14(4)18-20-21-19(25-18)15-6-5-7-26-15/h5-9,14H,10H2,1-4H3/t14-/m1/s1. The number of aryl methyl sites for hydroxylation is 3. The first kappa shape index (κ1) is 18.1. The van der Waals surface area contributed by atoms with Crippen LogP contribution in [0.2, 0.25) is 0 Å². The molecule has 6 nitrogen and oxygen atoms in total. The first-order valence-corrected chi connectivity index (χ1v) is 9.09. The summed E-state index contributed by atoms with van der Waals surface area (Å²) in [6.45, 7) is 7.43. The molecule has 0 fully saturated rings. The summed E-state index contributed by atoms with van der Waals surface area (Å²) in [5, 5.41) is 9.86. The van der Waals surface area contributed by atoms with E-state index in [-0.39, 0.29) is 12.5 Å². The van der Waals surface area contributed by atoms with Crippen molar-refractivity contribution in [1.82, 2.24) is 10.2 Å². The van der Waals surface area contributed by atoms with Gasteiger partial charge in [0.2, 0.25) is 0 Å². The molecule has 0 saturated carbocycles. The molecule has 0 aliphatic carbocycles. The van der Waals surface area contributed by atoms with Gasteiger partial charge >= 0.3 is 5.97 Å². The molecular formula is C19H20N2O4S. The summed E-state index contributed by atoms with van der Waals surface area (Å²) in [5.74, 6) is 0.884. The molecule has 1 aromatic carbocycles. The van der Waals surface area contributed by atoms with Gasteiger partial charge in [-0.3, -0.25) is 0 Å². The fourth-order valence-corrected chi connectivity index (χ4v) is 3.35. The highest BCUT2D eigenvalue weighted by Gasteiger charge is 2.20. The van der Waals surface area contributed by atoms with Crippen LogP contribution < -0.4 is 4.74 Å². The number of esters is 1. The SMILES string of the molecule is Cc1cc(C)c(OCC(=O)O[C@H](C)c2nnc(-c3cccs3)o2)c(C)c1. The maximum atomic E-state index is 12.1. The molecule has 136 valence electrons. The van der Waals surface area contributed by atoms with Crippen LogP contribution in [-0.4, -0.2) is 22.8 Å². The third-order valence-electron chi connectivity index (χ3n) is 3.77. The molecule has 0 bridgehead atoms. The number of thiophene rings is 1. The third kappa shape index (κ3) is 4.11. The number of hydrogen-bond acceptors (Lipinski definition) is 7. The lowest BCUT2D eigenvalue weighted by molar-refractivity contribution is -0.152. The fraction of sp³-hybridized carbons (Fsp3) is 0.316. The zero-order valence-corrected chi connectivity index (χ0v) is 15.9. The molecular weight excluding hydrogens is 352 g/mol. The number of rotatable bonds is 6. The van der Waals surface area contributed by atoms with Crippen molar-refractivity contribution in [3.05, 3.63) is 52.2 Å². The average Bonchev–Trinajstić information content (AvgIpc) is 3.25. The van der Waals surface area contributed by atoms with Gasteiger partial charge in [-0.25, -0.2) is 4.79 Å². The van der Waals surface area contributed by atoms with Gasteiger partial charge in [0.1, 0.15) is 5.75 Å². The topological polar surface area (TPSA) is 74.5 Å².